The number of piperidine rings is 1. The average Bonchev–Trinajstić information content (AvgIpc) is 2.61. The van der Waals surface area contributed by atoms with E-state index < -0.39 is 0 Å². The zero-order valence-electron chi connectivity index (χ0n) is 15.6. The summed E-state index contributed by atoms with van der Waals surface area (Å²) < 4.78 is 5.48. The van der Waals surface area contributed by atoms with Crippen molar-refractivity contribution in [2.24, 2.45) is 29.1 Å². The lowest BCUT2D eigenvalue weighted by Gasteiger charge is -2.57. The first-order chi connectivity index (χ1) is 12.2. The summed E-state index contributed by atoms with van der Waals surface area (Å²) in [5.74, 6) is 3.82. The number of morpholine rings is 1. The van der Waals surface area contributed by atoms with E-state index in [1.807, 2.05) is 0 Å². The Morgan fingerprint density at radius 1 is 0.960 bits per heavy atom. The molecule has 140 valence electrons. The Hall–Kier alpha value is -0.610. The van der Waals surface area contributed by atoms with Crippen LogP contribution >= 0.6 is 0 Å². The molecule has 1 amide bonds. The normalized spacial score (nSPS) is 44.2. The predicted molar refractivity (Wildman–Crippen MR) is 97.2 cm³/mol. The molecule has 0 spiro atoms. The molecule has 0 N–H and O–H groups in total. The molecule has 2 heterocycles. The lowest BCUT2D eigenvalue weighted by atomic mass is 9.49. The molecule has 1 atom stereocenters. The maximum atomic E-state index is 13.6. The highest BCUT2D eigenvalue weighted by atomic mass is 16.5. The van der Waals surface area contributed by atoms with Gasteiger partial charge in [-0.15, -0.1) is 0 Å². The molecule has 6 aliphatic rings. The Bertz CT molecular complexity index is 479. The molecule has 0 radical (unpaired) electrons. The number of ether oxygens (including phenoxy) is 1. The third-order valence-corrected chi connectivity index (χ3v) is 7.92. The van der Waals surface area contributed by atoms with Crippen molar-refractivity contribution < 1.29 is 9.53 Å². The number of hydrogen-bond acceptors (Lipinski definition) is 3. The molecule has 2 aliphatic heterocycles. The Morgan fingerprint density at radius 3 is 2.24 bits per heavy atom. The van der Waals surface area contributed by atoms with E-state index in [2.05, 4.69) is 9.80 Å². The summed E-state index contributed by atoms with van der Waals surface area (Å²) >= 11 is 0. The second kappa shape index (κ2) is 6.53. The Balaban J connectivity index is 1.24. The fourth-order valence-corrected chi connectivity index (χ4v) is 7.26. The van der Waals surface area contributed by atoms with Gasteiger partial charge in [0, 0.05) is 32.7 Å². The first-order valence-corrected chi connectivity index (χ1v) is 10.8. The molecule has 4 nitrogen and oxygen atoms in total. The summed E-state index contributed by atoms with van der Waals surface area (Å²) in [5, 5.41) is 0. The van der Waals surface area contributed by atoms with Crippen LogP contribution in [0.4, 0.5) is 0 Å². The number of carbonyl (C=O) groups excluding carboxylic acids is 1. The largest absolute Gasteiger partial charge is 0.379 e. The average molecular weight is 347 g/mol. The van der Waals surface area contributed by atoms with Crippen molar-refractivity contribution in [2.45, 2.75) is 51.4 Å². The second-order valence-corrected chi connectivity index (χ2v) is 9.87. The van der Waals surface area contributed by atoms with Crippen molar-refractivity contribution in [3.63, 3.8) is 0 Å². The van der Waals surface area contributed by atoms with Crippen LogP contribution in [0.2, 0.25) is 0 Å². The van der Waals surface area contributed by atoms with Crippen LogP contribution in [0.5, 0.6) is 0 Å². The first kappa shape index (κ1) is 16.6. The van der Waals surface area contributed by atoms with Gasteiger partial charge in [0.15, 0.2) is 0 Å². The van der Waals surface area contributed by atoms with Crippen LogP contribution in [0.15, 0.2) is 0 Å². The minimum Gasteiger partial charge on any atom is -0.379 e. The van der Waals surface area contributed by atoms with Gasteiger partial charge < -0.3 is 9.64 Å². The van der Waals surface area contributed by atoms with Gasteiger partial charge in [-0.1, -0.05) is 0 Å². The summed E-state index contributed by atoms with van der Waals surface area (Å²) in [6.45, 7) is 7.08. The van der Waals surface area contributed by atoms with Crippen molar-refractivity contribution in [1.29, 1.82) is 0 Å². The van der Waals surface area contributed by atoms with Crippen LogP contribution < -0.4 is 0 Å². The minimum absolute atomic E-state index is 0.0512. The summed E-state index contributed by atoms with van der Waals surface area (Å²) in [5.41, 5.74) is 0.0512. The zero-order chi connectivity index (χ0) is 16.9. The van der Waals surface area contributed by atoms with E-state index in [9.17, 15) is 4.79 Å². The highest BCUT2D eigenvalue weighted by Crippen LogP contribution is 2.60. The minimum atomic E-state index is 0.0512. The monoisotopic (exact) mass is 346 g/mol. The highest BCUT2D eigenvalue weighted by molar-refractivity contribution is 5.83. The maximum Gasteiger partial charge on any atom is 0.228 e. The fraction of sp³-hybridized carbons (Fsp3) is 0.952. The van der Waals surface area contributed by atoms with Crippen molar-refractivity contribution in [1.82, 2.24) is 9.80 Å². The highest BCUT2D eigenvalue weighted by Gasteiger charge is 2.55. The molecular formula is C21H34N2O2. The Kier molecular flexibility index (Phi) is 4.32. The van der Waals surface area contributed by atoms with Crippen LogP contribution in [0, 0.1) is 29.1 Å². The quantitative estimate of drug-likeness (QED) is 0.788. The van der Waals surface area contributed by atoms with Crippen LogP contribution in [0.1, 0.15) is 51.4 Å². The van der Waals surface area contributed by atoms with E-state index >= 15 is 0 Å². The summed E-state index contributed by atoms with van der Waals surface area (Å²) in [4.78, 5) is 18.4. The van der Waals surface area contributed by atoms with Gasteiger partial charge in [0.2, 0.25) is 5.91 Å². The fourth-order valence-electron chi connectivity index (χ4n) is 7.26. The van der Waals surface area contributed by atoms with Crippen LogP contribution in [0.3, 0.4) is 0 Å². The van der Waals surface area contributed by atoms with Crippen molar-refractivity contribution in [3.8, 4) is 0 Å². The van der Waals surface area contributed by atoms with E-state index in [-0.39, 0.29) is 5.41 Å². The third-order valence-electron chi connectivity index (χ3n) is 7.92. The molecule has 4 saturated carbocycles. The number of amides is 1. The standard InChI is InChI=1S/C21H34N2O2/c24-20(21-11-17-8-18(12-21)10-19(9-17)13-21)23-3-1-2-16(15-23)14-22-4-6-25-7-5-22/h16-19H,1-15H2/t16-,17?,18?,19?,21?/m1/s1. The van der Waals surface area contributed by atoms with E-state index in [1.165, 1.54) is 51.4 Å². The van der Waals surface area contributed by atoms with Crippen LogP contribution in [-0.4, -0.2) is 61.6 Å². The van der Waals surface area contributed by atoms with Gasteiger partial charge in [-0.25, -0.2) is 0 Å². The predicted octanol–water partition coefficient (Wildman–Crippen LogP) is 2.77. The SMILES string of the molecule is O=C(N1CCC[C@H](CN2CCOCC2)C1)C12CC3CC(CC(C3)C1)C2. The van der Waals surface area contributed by atoms with Crippen molar-refractivity contribution in [3.05, 3.63) is 0 Å². The van der Waals surface area contributed by atoms with Gasteiger partial charge in [-0.2, -0.15) is 0 Å². The molecule has 0 unspecified atom stereocenters. The topological polar surface area (TPSA) is 32.8 Å². The van der Waals surface area contributed by atoms with Gasteiger partial charge in [0.25, 0.3) is 0 Å². The molecule has 4 heteroatoms. The second-order valence-electron chi connectivity index (χ2n) is 9.87. The summed E-state index contributed by atoms with van der Waals surface area (Å²) in [6.07, 6.45) is 10.4. The van der Waals surface area contributed by atoms with Gasteiger partial charge >= 0.3 is 0 Å². The van der Waals surface area contributed by atoms with E-state index in [1.54, 1.807) is 0 Å². The van der Waals surface area contributed by atoms with Gasteiger partial charge in [0.05, 0.1) is 18.6 Å². The molecule has 2 saturated heterocycles. The molecule has 0 aromatic carbocycles. The third kappa shape index (κ3) is 3.14. The van der Waals surface area contributed by atoms with E-state index in [4.69, 9.17) is 4.74 Å². The van der Waals surface area contributed by atoms with Crippen LogP contribution in [0.25, 0.3) is 0 Å². The Labute approximate surface area is 152 Å². The number of likely N-dealkylation sites (tertiary alicyclic amines) is 1. The summed E-state index contributed by atoms with van der Waals surface area (Å²) in [7, 11) is 0. The van der Waals surface area contributed by atoms with Crippen molar-refractivity contribution in [2.75, 3.05) is 45.9 Å². The molecule has 25 heavy (non-hydrogen) atoms. The summed E-state index contributed by atoms with van der Waals surface area (Å²) in [6, 6.07) is 0. The van der Waals surface area contributed by atoms with Gasteiger partial charge in [-0.05, 0) is 75.0 Å². The lowest BCUT2D eigenvalue weighted by molar-refractivity contribution is -0.159. The van der Waals surface area contributed by atoms with Gasteiger partial charge in [0.1, 0.15) is 0 Å². The lowest BCUT2D eigenvalue weighted by Crippen LogP contribution is -2.56. The Morgan fingerprint density at radius 2 is 1.60 bits per heavy atom. The number of hydrogen-bond donors (Lipinski definition) is 0. The molecular weight excluding hydrogens is 312 g/mol. The molecule has 0 aromatic heterocycles. The molecule has 4 aliphatic carbocycles. The van der Waals surface area contributed by atoms with E-state index in [0.717, 1.165) is 63.7 Å². The number of nitrogens with zero attached hydrogens (tertiary/aromatic N) is 2. The van der Waals surface area contributed by atoms with Crippen molar-refractivity contribution >= 4 is 5.91 Å². The number of rotatable bonds is 3. The zero-order valence-corrected chi connectivity index (χ0v) is 15.6. The molecule has 4 bridgehead atoms. The van der Waals surface area contributed by atoms with E-state index in [0.29, 0.717) is 11.8 Å². The van der Waals surface area contributed by atoms with Gasteiger partial charge in [-0.3, -0.25) is 9.69 Å². The maximum absolute atomic E-state index is 13.6. The molecule has 6 rings (SSSR count). The smallest absolute Gasteiger partial charge is 0.228 e. The van der Waals surface area contributed by atoms with Crippen LogP contribution in [-0.2, 0) is 9.53 Å². The molecule has 0 aromatic rings. The first-order valence-electron chi connectivity index (χ1n) is 10.8. The number of carbonyl (C=O) groups is 1. The molecule has 6 fully saturated rings.